The Morgan fingerprint density at radius 3 is 3.00 bits per heavy atom. The van der Waals surface area contributed by atoms with Gasteiger partial charge in [-0.1, -0.05) is 0 Å². The molecule has 0 aliphatic heterocycles. The Bertz CT molecular complexity index is 546. The Labute approximate surface area is 98.8 Å². The monoisotopic (exact) mass is 233 g/mol. The summed E-state index contributed by atoms with van der Waals surface area (Å²) >= 11 is 0. The van der Waals surface area contributed by atoms with Gasteiger partial charge in [0.2, 0.25) is 5.91 Å². The SMILES string of the molecule is CC(C)(CNc1nccn2nccc12)C(N)=O. The Balaban J connectivity index is 2.19. The van der Waals surface area contributed by atoms with E-state index in [0.29, 0.717) is 12.4 Å². The molecule has 1 amide bonds. The molecule has 2 rings (SSSR count). The highest BCUT2D eigenvalue weighted by Gasteiger charge is 2.24. The molecule has 0 unspecified atom stereocenters. The summed E-state index contributed by atoms with van der Waals surface area (Å²) in [6.45, 7) is 4.01. The molecule has 2 heterocycles. The van der Waals surface area contributed by atoms with E-state index < -0.39 is 5.41 Å². The number of primary amides is 1. The molecule has 0 aromatic carbocycles. The second-order valence-electron chi connectivity index (χ2n) is 4.54. The number of hydrogen-bond donors (Lipinski definition) is 2. The number of rotatable bonds is 4. The second-order valence-corrected chi connectivity index (χ2v) is 4.54. The van der Waals surface area contributed by atoms with Crippen LogP contribution in [-0.2, 0) is 4.79 Å². The molecule has 2 aromatic rings. The summed E-state index contributed by atoms with van der Waals surface area (Å²) in [6, 6.07) is 1.85. The number of hydrogen-bond acceptors (Lipinski definition) is 4. The van der Waals surface area contributed by atoms with Crippen LogP contribution in [0, 0.1) is 5.41 Å². The number of aromatic nitrogens is 3. The number of nitrogens with two attached hydrogens (primary N) is 1. The maximum Gasteiger partial charge on any atom is 0.224 e. The van der Waals surface area contributed by atoms with Crippen molar-refractivity contribution in [2.24, 2.45) is 11.1 Å². The third kappa shape index (κ3) is 2.20. The van der Waals surface area contributed by atoms with Crippen molar-refractivity contribution in [3.8, 4) is 0 Å². The third-order valence-corrected chi connectivity index (χ3v) is 2.69. The first kappa shape index (κ1) is 11.4. The first-order valence-corrected chi connectivity index (χ1v) is 5.33. The van der Waals surface area contributed by atoms with E-state index in [9.17, 15) is 4.79 Å². The van der Waals surface area contributed by atoms with E-state index in [1.54, 1.807) is 37.0 Å². The third-order valence-electron chi connectivity index (χ3n) is 2.69. The molecule has 0 saturated heterocycles. The molecule has 6 nitrogen and oxygen atoms in total. The predicted octanol–water partition coefficient (Wildman–Crippen LogP) is 0.653. The quantitative estimate of drug-likeness (QED) is 0.812. The van der Waals surface area contributed by atoms with Crippen LogP contribution in [0.3, 0.4) is 0 Å². The zero-order chi connectivity index (χ0) is 12.5. The van der Waals surface area contributed by atoms with Crippen LogP contribution in [0.2, 0.25) is 0 Å². The van der Waals surface area contributed by atoms with Crippen LogP contribution < -0.4 is 11.1 Å². The van der Waals surface area contributed by atoms with Gasteiger partial charge in [-0.05, 0) is 19.9 Å². The number of amides is 1. The minimum Gasteiger partial charge on any atom is -0.369 e. The summed E-state index contributed by atoms with van der Waals surface area (Å²) in [6.07, 6.45) is 5.11. The highest BCUT2D eigenvalue weighted by Crippen LogP contribution is 2.17. The van der Waals surface area contributed by atoms with E-state index in [1.807, 2.05) is 6.07 Å². The molecule has 6 heteroatoms. The predicted molar refractivity (Wildman–Crippen MR) is 64.5 cm³/mol. The van der Waals surface area contributed by atoms with Gasteiger partial charge < -0.3 is 11.1 Å². The van der Waals surface area contributed by atoms with Crippen molar-refractivity contribution in [3.63, 3.8) is 0 Å². The molecule has 17 heavy (non-hydrogen) atoms. The van der Waals surface area contributed by atoms with Crippen LogP contribution in [-0.4, -0.2) is 27.0 Å². The van der Waals surface area contributed by atoms with Crippen molar-refractivity contribution in [3.05, 3.63) is 24.7 Å². The first-order valence-electron chi connectivity index (χ1n) is 5.33. The van der Waals surface area contributed by atoms with E-state index >= 15 is 0 Å². The molecule has 0 radical (unpaired) electrons. The molecular formula is C11H15N5O. The van der Waals surface area contributed by atoms with E-state index in [-0.39, 0.29) is 5.91 Å². The standard InChI is InChI=1S/C11H15N5O/c1-11(2,10(12)17)7-14-9-8-3-4-15-16(8)6-5-13-9/h3-6H,7H2,1-2H3,(H2,12,17)(H,13,14). The molecule has 0 aliphatic carbocycles. The maximum absolute atomic E-state index is 11.2. The van der Waals surface area contributed by atoms with Crippen molar-refractivity contribution in [2.75, 3.05) is 11.9 Å². The second kappa shape index (κ2) is 4.04. The average molecular weight is 233 g/mol. The van der Waals surface area contributed by atoms with Gasteiger partial charge in [0.15, 0.2) is 5.82 Å². The summed E-state index contributed by atoms with van der Waals surface area (Å²) in [7, 11) is 0. The van der Waals surface area contributed by atoms with Gasteiger partial charge in [-0.25, -0.2) is 9.50 Å². The molecule has 2 aromatic heterocycles. The zero-order valence-corrected chi connectivity index (χ0v) is 9.84. The number of nitrogens with one attached hydrogen (secondary N) is 1. The van der Waals surface area contributed by atoms with Gasteiger partial charge in [-0.3, -0.25) is 4.79 Å². The molecule has 0 atom stereocenters. The lowest BCUT2D eigenvalue weighted by molar-refractivity contribution is -0.125. The molecule has 0 bridgehead atoms. The molecule has 0 saturated carbocycles. The van der Waals surface area contributed by atoms with Gasteiger partial charge in [0.05, 0.1) is 11.6 Å². The summed E-state index contributed by atoms with van der Waals surface area (Å²) in [5, 5.41) is 7.23. The number of carbonyl (C=O) groups is 1. The fourth-order valence-electron chi connectivity index (χ4n) is 1.39. The van der Waals surface area contributed by atoms with Gasteiger partial charge in [0, 0.05) is 18.9 Å². The molecular weight excluding hydrogens is 218 g/mol. The van der Waals surface area contributed by atoms with Gasteiger partial charge in [-0.15, -0.1) is 0 Å². The van der Waals surface area contributed by atoms with E-state index in [2.05, 4.69) is 15.4 Å². The maximum atomic E-state index is 11.2. The minimum absolute atomic E-state index is 0.342. The van der Waals surface area contributed by atoms with E-state index in [0.717, 1.165) is 5.52 Å². The molecule has 3 N–H and O–H groups in total. The molecule has 0 fully saturated rings. The topological polar surface area (TPSA) is 85.3 Å². The Morgan fingerprint density at radius 2 is 2.29 bits per heavy atom. The summed E-state index contributed by atoms with van der Waals surface area (Å²) in [5.74, 6) is 0.352. The first-order chi connectivity index (χ1) is 8.00. The number of fused-ring (bicyclic) bond motifs is 1. The smallest absolute Gasteiger partial charge is 0.224 e. The highest BCUT2D eigenvalue weighted by molar-refractivity contribution is 5.81. The normalized spacial score (nSPS) is 11.6. The lowest BCUT2D eigenvalue weighted by Crippen LogP contribution is -2.37. The lowest BCUT2D eigenvalue weighted by Gasteiger charge is -2.21. The van der Waals surface area contributed by atoms with Crippen molar-refractivity contribution >= 4 is 17.2 Å². The van der Waals surface area contributed by atoms with Crippen LogP contribution in [0.5, 0.6) is 0 Å². The zero-order valence-electron chi connectivity index (χ0n) is 9.84. The summed E-state index contributed by atoms with van der Waals surface area (Å²) in [4.78, 5) is 15.4. The number of nitrogens with zero attached hydrogens (tertiary/aromatic N) is 3. The Hall–Kier alpha value is -2.11. The van der Waals surface area contributed by atoms with Crippen LogP contribution >= 0.6 is 0 Å². The average Bonchev–Trinajstić information content (AvgIpc) is 2.74. The summed E-state index contributed by atoms with van der Waals surface area (Å²) < 4.78 is 1.71. The van der Waals surface area contributed by atoms with Crippen molar-refractivity contribution < 1.29 is 4.79 Å². The molecule has 90 valence electrons. The Kier molecular flexibility index (Phi) is 2.71. The largest absolute Gasteiger partial charge is 0.369 e. The Morgan fingerprint density at radius 1 is 1.53 bits per heavy atom. The molecule has 0 aliphatic rings. The fraction of sp³-hybridized carbons (Fsp3) is 0.364. The fourth-order valence-corrected chi connectivity index (χ4v) is 1.39. The van der Waals surface area contributed by atoms with Crippen molar-refractivity contribution in [1.82, 2.24) is 14.6 Å². The lowest BCUT2D eigenvalue weighted by atomic mass is 9.93. The van der Waals surface area contributed by atoms with Gasteiger partial charge in [0.25, 0.3) is 0 Å². The van der Waals surface area contributed by atoms with Crippen LogP contribution in [0.15, 0.2) is 24.7 Å². The minimum atomic E-state index is -0.617. The van der Waals surface area contributed by atoms with E-state index in [4.69, 9.17) is 5.73 Å². The van der Waals surface area contributed by atoms with Crippen LogP contribution in [0.25, 0.3) is 5.52 Å². The van der Waals surface area contributed by atoms with Gasteiger partial charge in [-0.2, -0.15) is 5.10 Å². The highest BCUT2D eigenvalue weighted by atomic mass is 16.1. The van der Waals surface area contributed by atoms with Crippen molar-refractivity contribution in [2.45, 2.75) is 13.8 Å². The van der Waals surface area contributed by atoms with Gasteiger partial charge >= 0.3 is 0 Å². The van der Waals surface area contributed by atoms with Gasteiger partial charge in [0.1, 0.15) is 5.52 Å². The number of carbonyl (C=O) groups excluding carboxylic acids is 1. The molecule has 0 spiro atoms. The van der Waals surface area contributed by atoms with Crippen LogP contribution in [0.4, 0.5) is 5.82 Å². The summed E-state index contributed by atoms with van der Waals surface area (Å²) in [5.41, 5.74) is 5.56. The van der Waals surface area contributed by atoms with Crippen LogP contribution in [0.1, 0.15) is 13.8 Å². The van der Waals surface area contributed by atoms with E-state index in [1.165, 1.54) is 0 Å². The number of anilines is 1. The van der Waals surface area contributed by atoms with Crippen molar-refractivity contribution in [1.29, 1.82) is 0 Å².